The molecular weight excluding hydrogens is 460 g/mol. The van der Waals surface area contributed by atoms with Crippen LogP contribution in [0.2, 0.25) is 0 Å². The van der Waals surface area contributed by atoms with Crippen LogP contribution in [-0.4, -0.2) is 6.79 Å². The summed E-state index contributed by atoms with van der Waals surface area (Å²) in [6.45, 7) is 4.42. The molecule has 0 aliphatic heterocycles. The third-order valence-electron chi connectivity index (χ3n) is 6.96. The molecule has 0 radical (unpaired) electrons. The lowest BCUT2D eigenvalue weighted by molar-refractivity contribution is 0.123. The smallest absolute Gasteiger partial charge is 0.231 e. The lowest BCUT2D eigenvalue weighted by Crippen LogP contribution is -2.11. The summed E-state index contributed by atoms with van der Waals surface area (Å²) in [5, 5.41) is 0. The van der Waals surface area contributed by atoms with Gasteiger partial charge in [-0.1, -0.05) is 90.9 Å². The van der Waals surface area contributed by atoms with E-state index in [2.05, 4.69) is 13.8 Å². The topological polar surface area (TPSA) is 123 Å². The van der Waals surface area contributed by atoms with E-state index in [1.807, 2.05) is 24.3 Å². The van der Waals surface area contributed by atoms with Gasteiger partial charge in [0.15, 0.2) is 11.5 Å². The van der Waals surface area contributed by atoms with Gasteiger partial charge in [0.05, 0.1) is 22.7 Å². The molecule has 0 saturated carbocycles. The summed E-state index contributed by atoms with van der Waals surface area (Å²) in [4.78, 5) is 0. The van der Waals surface area contributed by atoms with E-state index in [0.29, 0.717) is 34.2 Å². The number of rotatable bonds is 20. The largest absolute Gasteiger partial charge is 0.453 e. The molecule has 0 heterocycles. The Morgan fingerprint density at radius 2 is 0.757 bits per heavy atom. The summed E-state index contributed by atoms with van der Waals surface area (Å²) >= 11 is 0. The van der Waals surface area contributed by atoms with Crippen molar-refractivity contribution in [2.75, 3.05) is 29.7 Å². The highest BCUT2D eigenvalue weighted by molar-refractivity contribution is 5.70. The summed E-state index contributed by atoms with van der Waals surface area (Å²) in [6, 6.07) is 7.79. The average Bonchev–Trinajstić information content (AvgIpc) is 2.86. The van der Waals surface area contributed by atoms with Gasteiger partial charge in [-0.15, -0.1) is 0 Å². The molecule has 0 amide bonds. The van der Waals surface area contributed by atoms with Crippen molar-refractivity contribution in [1.29, 1.82) is 0 Å². The zero-order valence-corrected chi connectivity index (χ0v) is 23.5. The van der Waals surface area contributed by atoms with Crippen LogP contribution in [0, 0.1) is 0 Å². The third-order valence-corrected chi connectivity index (χ3v) is 6.96. The zero-order chi connectivity index (χ0) is 26.9. The number of hydrogen-bond donors (Lipinski definition) is 4. The molecule has 2 aromatic rings. The molecule has 0 aromatic heterocycles. The highest BCUT2D eigenvalue weighted by Gasteiger charge is 2.12. The second-order valence-electron chi connectivity index (χ2n) is 10.4. The molecule has 0 bridgehead atoms. The summed E-state index contributed by atoms with van der Waals surface area (Å²) in [5.74, 6) is 0.882. The molecule has 0 atom stereocenters. The number of nitrogen functional groups attached to an aromatic ring is 4. The van der Waals surface area contributed by atoms with Crippen LogP contribution in [0.1, 0.15) is 115 Å². The molecular formula is C31H52N4O2. The Morgan fingerprint density at radius 1 is 0.459 bits per heavy atom. The number of ether oxygens (including phenoxy) is 2. The molecule has 37 heavy (non-hydrogen) atoms. The van der Waals surface area contributed by atoms with Crippen LogP contribution in [0.3, 0.4) is 0 Å². The van der Waals surface area contributed by atoms with E-state index in [9.17, 15) is 0 Å². The average molecular weight is 513 g/mol. The Balaban J connectivity index is 1.78. The molecule has 0 saturated heterocycles. The van der Waals surface area contributed by atoms with E-state index in [1.165, 1.54) is 77.0 Å². The van der Waals surface area contributed by atoms with Crippen LogP contribution in [0.25, 0.3) is 0 Å². The van der Waals surface area contributed by atoms with Crippen molar-refractivity contribution in [3.63, 3.8) is 0 Å². The number of hydrogen-bond acceptors (Lipinski definition) is 6. The van der Waals surface area contributed by atoms with E-state index in [-0.39, 0.29) is 6.79 Å². The van der Waals surface area contributed by atoms with Crippen molar-refractivity contribution in [3.05, 3.63) is 35.4 Å². The van der Waals surface area contributed by atoms with Gasteiger partial charge in [-0.2, -0.15) is 0 Å². The van der Waals surface area contributed by atoms with Crippen LogP contribution < -0.4 is 32.4 Å². The van der Waals surface area contributed by atoms with E-state index >= 15 is 0 Å². The fourth-order valence-electron chi connectivity index (χ4n) is 4.82. The number of nitrogens with two attached hydrogens (primary N) is 4. The molecule has 0 fully saturated rings. The maximum absolute atomic E-state index is 6.25. The predicted molar refractivity (Wildman–Crippen MR) is 160 cm³/mol. The van der Waals surface area contributed by atoms with Gasteiger partial charge >= 0.3 is 0 Å². The third kappa shape index (κ3) is 11.4. The van der Waals surface area contributed by atoms with Crippen LogP contribution in [0.15, 0.2) is 24.3 Å². The van der Waals surface area contributed by atoms with Crippen molar-refractivity contribution in [2.24, 2.45) is 0 Å². The zero-order valence-electron chi connectivity index (χ0n) is 23.5. The van der Waals surface area contributed by atoms with Gasteiger partial charge < -0.3 is 32.4 Å². The van der Waals surface area contributed by atoms with Gasteiger partial charge in [-0.25, -0.2) is 0 Å². The number of anilines is 4. The first-order chi connectivity index (χ1) is 18.0. The SMILES string of the molecule is CCCCCCCCCc1cc(N)c(OCOc2c(N)cc(CCCCCCCCC)cc2N)c(N)c1. The Hall–Kier alpha value is -2.76. The molecule has 8 N–H and O–H groups in total. The highest BCUT2D eigenvalue weighted by atomic mass is 16.7. The fraction of sp³-hybridized carbons (Fsp3) is 0.613. The molecule has 208 valence electrons. The standard InChI is InChI=1S/C31H52N4O2/c1-3-5-7-9-11-13-15-17-24-19-26(32)30(27(33)20-24)36-23-37-31-28(34)21-25(22-29(31)35)18-16-14-12-10-8-6-4-2/h19-22H,3-18,23,32-35H2,1-2H3. The summed E-state index contributed by atoms with van der Waals surface area (Å²) in [5.41, 5.74) is 29.4. The van der Waals surface area contributed by atoms with Crippen LogP contribution in [0.4, 0.5) is 22.7 Å². The van der Waals surface area contributed by atoms with Gasteiger partial charge in [0.2, 0.25) is 6.79 Å². The van der Waals surface area contributed by atoms with Crippen LogP contribution in [-0.2, 0) is 12.8 Å². The Kier molecular flexibility index (Phi) is 14.5. The molecule has 0 aliphatic rings. The fourth-order valence-corrected chi connectivity index (χ4v) is 4.82. The molecule has 6 heteroatoms. The van der Waals surface area contributed by atoms with Crippen molar-refractivity contribution in [2.45, 2.75) is 117 Å². The summed E-state index contributed by atoms with van der Waals surface area (Å²) in [7, 11) is 0. The first-order valence-electron chi connectivity index (χ1n) is 14.6. The van der Waals surface area contributed by atoms with Crippen LogP contribution >= 0.6 is 0 Å². The number of benzene rings is 2. The second kappa shape index (κ2) is 17.7. The lowest BCUT2D eigenvalue weighted by atomic mass is 10.0. The van der Waals surface area contributed by atoms with E-state index in [1.54, 1.807) is 0 Å². The number of aryl methyl sites for hydroxylation is 2. The van der Waals surface area contributed by atoms with E-state index in [4.69, 9.17) is 32.4 Å². The van der Waals surface area contributed by atoms with E-state index in [0.717, 1.165) is 36.8 Å². The molecule has 0 aliphatic carbocycles. The molecule has 0 spiro atoms. The first kappa shape index (κ1) is 30.5. The van der Waals surface area contributed by atoms with Crippen LogP contribution in [0.5, 0.6) is 11.5 Å². The summed E-state index contributed by atoms with van der Waals surface area (Å²) in [6.07, 6.45) is 19.8. The van der Waals surface area contributed by atoms with Gasteiger partial charge in [-0.3, -0.25) is 0 Å². The number of unbranched alkanes of at least 4 members (excludes halogenated alkanes) is 12. The minimum Gasteiger partial charge on any atom is -0.453 e. The maximum Gasteiger partial charge on any atom is 0.231 e. The molecule has 2 rings (SSSR count). The molecule has 2 aromatic carbocycles. The van der Waals surface area contributed by atoms with Gasteiger partial charge in [0.1, 0.15) is 0 Å². The lowest BCUT2D eigenvalue weighted by Gasteiger charge is -2.16. The Labute approximate surface area is 225 Å². The van der Waals surface area contributed by atoms with Gasteiger partial charge in [0.25, 0.3) is 0 Å². The van der Waals surface area contributed by atoms with E-state index < -0.39 is 0 Å². The van der Waals surface area contributed by atoms with Gasteiger partial charge in [-0.05, 0) is 61.1 Å². The minimum atomic E-state index is -0.0724. The normalized spacial score (nSPS) is 11.1. The molecule has 6 nitrogen and oxygen atoms in total. The first-order valence-corrected chi connectivity index (χ1v) is 14.6. The Morgan fingerprint density at radius 3 is 1.08 bits per heavy atom. The quantitative estimate of drug-likeness (QED) is 0.0809. The maximum atomic E-state index is 6.25. The minimum absolute atomic E-state index is 0.0724. The monoisotopic (exact) mass is 512 g/mol. The van der Waals surface area contributed by atoms with Crippen molar-refractivity contribution < 1.29 is 9.47 Å². The van der Waals surface area contributed by atoms with Crippen molar-refractivity contribution >= 4 is 22.7 Å². The van der Waals surface area contributed by atoms with Crippen molar-refractivity contribution in [1.82, 2.24) is 0 Å². The summed E-state index contributed by atoms with van der Waals surface area (Å²) < 4.78 is 11.6. The molecule has 0 unspecified atom stereocenters. The predicted octanol–water partition coefficient (Wildman–Crippen LogP) is 8.02. The Bertz CT molecular complexity index is 797. The highest BCUT2D eigenvalue weighted by Crippen LogP contribution is 2.34. The van der Waals surface area contributed by atoms with Crippen molar-refractivity contribution in [3.8, 4) is 11.5 Å². The van der Waals surface area contributed by atoms with Gasteiger partial charge in [0, 0.05) is 0 Å². The second-order valence-corrected chi connectivity index (χ2v) is 10.4.